The van der Waals surface area contributed by atoms with Crippen LogP contribution in [-0.4, -0.2) is 5.43 Å². The average molecular weight is 701 g/mol. The summed E-state index contributed by atoms with van der Waals surface area (Å²) in [5.74, 6) is 0.577. The van der Waals surface area contributed by atoms with Gasteiger partial charge in [-0.15, -0.1) is 68.6 Å². The molecular formula is C39H42Cl2SiZr-2. The van der Waals surface area contributed by atoms with Crippen LogP contribution >= 0.6 is 0 Å². The van der Waals surface area contributed by atoms with Crippen molar-refractivity contribution in [3.05, 3.63) is 131 Å². The molecule has 6 aromatic carbocycles. The van der Waals surface area contributed by atoms with E-state index in [4.69, 9.17) is 0 Å². The minimum atomic E-state index is 0. The number of halogens is 2. The van der Waals surface area contributed by atoms with Crippen molar-refractivity contribution in [2.45, 2.75) is 60.6 Å². The van der Waals surface area contributed by atoms with E-state index < -0.39 is 0 Å². The number of benzene rings is 4. The van der Waals surface area contributed by atoms with Gasteiger partial charge >= 0.3 is 41.9 Å². The van der Waals surface area contributed by atoms with Gasteiger partial charge in [-0.25, -0.2) is 0 Å². The molecule has 0 radical (unpaired) electrons. The Balaban J connectivity index is 0.000000259. The van der Waals surface area contributed by atoms with Crippen LogP contribution in [-0.2, 0) is 23.3 Å². The van der Waals surface area contributed by atoms with Crippen LogP contribution in [0, 0.1) is 27.7 Å². The number of hydrogen-bond acceptors (Lipinski definition) is 0. The molecule has 0 aliphatic carbocycles. The van der Waals surface area contributed by atoms with E-state index in [1.54, 1.807) is 23.3 Å². The SMILES string of the molecule is C[Si](C)=[Zr+2].Cc1cc2c(-c3ccccc3)ccc(C)c2[cH-]1.Cc1cccc(C)c1-c1cccc2[cH-]c(C(C)C)cc12.[Cl-].[Cl-]. The predicted molar refractivity (Wildman–Crippen MR) is 180 cm³/mol. The third-order valence-corrected chi connectivity index (χ3v) is 7.52. The molecule has 0 N–H and O–H groups in total. The quantitative estimate of drug-likeness (QED) is 0.167. The maximum atomic E-state index is 2.36. The van der Waals surface area contributed by atoms with Crippen LogP contribution in [0.25, 0.3) is 43.8 Å². The topological polar surface area (TPSA) is 0 Å². The van der Waals surface area contributed by atoms with Crippen LogP contribution in [0.4, 0.5) is 0 Å². The molecule has 6 rings (SSSR count). The second-order valence-corrected chi connectivity index (χ2v) is 21.0. The number of hydrogen-bond donors (Lipinski definition) is 0. The van der Waals surface area contributed by atoms with Gasteiger partial charge in [-0.3, -0.25) is 0 Å². The molecule has 6 aromatic rings. The fourth-order valence-corrected chi connectivity index (χ4v) is 5.51. The predicted octanol–water partition coefficient (Wildman–Crippen LogP) is 5.60. The zero-order valence-electron chi connectivity index (χ0n) is 26.6. The van der Waals surface area contributed by atoms with E-state index in [0.717, 1.165) is 0 Å². The van der Waals surface area contributed by atoms with Crippen molar-refractivity contribution < 1.29 is 48.1 Å². The van der Waals surface area contributed by atoms with Crippen LogP contribution in [0.15, 0.2) is 103 Å². The Bertz CT molecular complexity index is 1770. The Morgan fingerprint density at radius 3 is 1.84 bits per heavy atom. The number of fused-ring (bicyclic) bond motifs is 2. The molecule has 0 bridgehead atoms. The summed E-state index contributed by atoms with van der Waals surface area (Å²) in [5.41, 5.74) is 12.4. The molecule has 0 spiro atoms. The van der Waals surface area contributed by atoms with Crippen LogP contribution in [0.1, 0.15) is 47.6 Å². The standard InChI is InChI=1S/C20H21.C17H15.C2H6Si.2ClH.Zr/c1-13(2)17-11-16-9-6-10-18(19(16)12-17)20-14(3)7-5-8-15(20)4;1-12-10-16-13(2)8-9-15(17(16)11-12)14-6-4-3-5-7-14;1-3-2;;;/h5-13H,1-4H3;3-11H,1-2H3;1-2H3;2*1H;/q2*-1;;;;+2/p-2. The van der Waals surface area contributed by atoms with Gasteiger partial charge in [0, 0.05) is 0 Å². The van der Waals surface area contributed by atoms with Crippen molar-refractivity contribution in [1.29, 1.82) is 0 Å². The van der Waals surface area contributed by atoms with Crippen molar-refractivity contribution in [2.24, 2.45) is 0 Å². The largest absolute Gasteiger partial charge is 1.00 e. The van der Waals surface area contributed by atoms with Crippen LogP contribution in [0.2, 0.25) is 13.1 Å². The molecule has 0 aliphatic heterocycles. The zero-order chi connectivity index (χ0) is 29.7. The molecular weight excluding hydrogens is 659 g/mol. The van der Waals surface area contributed by atoms with Crippen molar-refractivity contribution in [3.63, 3.8) is 0 Å². The zero-order valence-corrected chi connectivity index (χ0v) is 31.6. The molecule has 0 aliphatic rings. The molecule has 0 unspecified atom stereocenters. The first-order valence-electron chi connectivity index (χ1n) is 14.6. The third-order valence-electron chi connectivity index (χ3n) is 7.52. The molecule has 0 aromatic heterocycles. The molecule has 43 heavy (non-hydrogen) atoms. The summed E-state index contributed by atoms with van der Waals surface area (Å²) in [4.78, 5) is 0. The van der Waals surface area contributed by atoms with Crippen molar-refractivity contribution in [3.8, 4) is 22.3 Å². The molecule has 0 nitrogen and oxygen atoms in total. The first-order chi connectivity index (χ1) is 19.6. The fraction of sp³-hybridized carbons (Fsp3) is 0.231. The second-order valence-electron chi connectivity index (χ2n) is 11.7. The molecule has 222 valence electrons. The van der Waals surface area contributed by atoms with Gasteiger partial charge in [-0.1, -0.05) is 99.5 Å². The maximum absolute atomic E-state index is 2.36. The van der Waals surface area contributed by atoms with Gasteiger partial charge in [0.2, 0.25) is 0 Å². The van der Waals surface area contributed by atoms with Gasteiger partial charge in [0.1, 0.15) is 0 Å². The summed E-state index contributed by atoms with van der Waals surface area (Å²) in [7, 11) is 0. The minimum absolute atomic E-state index is 0. The molecule has 0 saturated carbocycles. The summed E-state index contributed by atoms with van der Waals surface area (Å²) in [5, 5.41) is 5.49. The Morgan fingerprint density at radius 1 is 0.628 bits per heavy atom. The van der Waals surface area contributed by atoms with E-state index in [1.807, 2.05) is 0 Å². The normalized spacial score (nSPS) is 10.3. The van der Waals surface area contributed by atoms with E-state index in [9.17, 15) is 0 Å². The Labute approximate surface area is 286 Å². The van der Waals surface area contributed by atoms with E-state index in [0.29, 0.717) is 5.92 Å². The van der Waals surface area contributed by atoms with E-state index in [-0.39, 0.29) is 30.2 Å². The van der Waals surface area contributed by atoms with Gasteiger partial charge in [-0.2, -0.15) is 12.1 Å². The minimum Gasteiger partial charge on any atom is -1.00 e. The smallest absolute Gasteiger partial charge is 0.0220 e. The number of rotatable bonds is 3. The number of aryl methyl sites for hydroxylation is 4. The van der Waals surface area contributed by atoms with Gasteiger partial charge in [-0.05, 0) is 42.0 Å². The molecule has 4 heteroatoms. The Kier molecular flexibility index (Phi) is 14.4. The summed E-state index contributed by atoms with van der Waals surface area (Å²) in [6, 6.07) is 37.5. The van der Waals surface area contributed by atoms with Gasteiger partial charge < -0.3 is 24.8 Å². The Morgan fingerprint density at radius 2 is 1.23 bits per heavy atom. The average Bonchev–Trinajstić information content (AvgIpc) is 3.54. The van der Waals surface area contributed by atoms with Crippen LogP contribution in [0.5, 0.6) is 0 Å². The molecule has 0 heterocycles. The van der Waals surface area contributed by atoms with E-state index >= 15 is 0 Å². The Hall–Kier alpha value is -2.22. The summed E-state index contributed by atoms with van der Waals surface area (Å²) in [6.07, 6.45) is 0. The third kappa shape index (κ3) is 9.15. The van der Waals surface area contributed by atoms with Crippen molar-refractivity contribution in [2.75, 3.05) is 0 Å². The molecule has 0 amide bonds. The molecule has 0 saturated heterocycles. The maximum Gasteiger partial charge on any atom is -0.0220 e. The van der Waals surface area contributed by atoms with Gasteiger partial charge in [0.25, 0.3) is 0 Å². The van der Waals surface area contributed by atoms with Crippen LogP contribution < -0.4 is 24.8 Å². The van der Waals surface area contributed by atoms with Gasteiger partial charge in [0.05, 0.1) is 0 Å². The van der Waals surface area contributed by atoms with Crippen molar-refractivity contribution in [1.82, 2.24) is 0 Å². The monoisotopic (exact) mass is 698 g/mol. The first-order valence-corrected chi connectivity index (χ1v) is 20.7. The molecule has 0 fully saturated rings. The first kappa shape index (κ1) is 37.0. The molecule has 0 atom stereocenters. The van der Waals surface area contributed by atoms with Gasteiger partial charge in [0.15, 0.2) is 0 Å². The van der Waals surface area contributed by atoms with Crippen LogP contribution in [0.3, 0.4) is 0 Å². The fourth-order valence-electron chi connectivity index (χ4n) is 5.51. The summed E-state index contributed by atoms with van der Waals surface area (Å²) < 4.78 is 0. The van der Waals surface area contributed by atoms with Crippen molar-refractivity contribution >= 4 is 27.0 Å². The summed E-state index contributed by atoms with van der Waals surface area (Å²) >= 11 is 1.74. The summed E-state index contributed by atoms with van der Waals surface area (Å²) in [6.45, 7) is 17.9. The van der Waals surface area contributed by atoms with E-state index in [1.165, 1.54) is 71.6 Å². The second kappa shape index (κ2) is 16.7. The van der Waals surface area contributed by atoms with E-state index in [2.05, 4.69) is 158 Å².